The molecule has 3 nitrogen and oxygen atoms in total. The third-order valence-corrected chi connectivity index (χ3v) is 3.46. The highest BCUT2D eigenvalue weighted by Gasteiger charge is 2.09. The molecule has 0 aliphatic heterocycles. The largest absolute Gasteiger partial charge is 0.329 e. The molecule has 2 N–H and O–H groups in total. The van der Waals surface area contributed by atoms with Gasteiger partial charge in [-0.05, 0) is 53.4 Å². The summed E-state index contributed by atoms with van der Waals surface area (Å²) in [6.45, 7) is 8.26. The topological polar surface area (TPSA) is 57.5 Å². The Labute approximate surface area is 117 Å². The van der Waals surface area contributed by atoms with Crippen molar-refractivity contribution >= 4 is 7.60 Å². The van der Waals surface area contributed by atoms with Crippen LogP contribution in [0.25, 0.3) is 0 Å². The van der Waals surface area contributed by atoms with Gasteiger partial charge in [-0.15, -0.1) is 0 Å². The highest BCUT2D eigenvalue weighted by atomic mass is 31.2. The molecule has 0 aliphatic rings. The van der Waals surface area contributed by atoms with E-state index in [1.165, 1.54) is 11.1 Å². The molecule has 0 heterocycles. The molecule has 0 fully saturated rings. The van der Waals surface area contributed by atoms with Crippen LogP contribution in [0.3, 0.4) is 0 Å². The van der Waals surface area contributed by atoms with E-state index in [0.29, 0.717) is 0 Å². The van der Waals surface area contributed by atoms with E-state index >= 15 is 0 Å². The fourth-order valence-electron chi connectivity index (χ4n) is 1.61. The van der Waals surface area contributed by atoms with E-state index in [-0.39, 0.29) is 6.16 Å². The zero-order valence-electron chi connectivity index (χ0n) is 12.5. The second-order valence-corrected chi connectivity index (χ2v) is 7.00. The average molecular weight is 286 g/mol. The lowest BCUT2D eigenvalue weighted by atomic mass is 10.1. The monoisotopic (exact) mass is 286 g/mol. The molecule has 0 radical (unpaired) electrons. The highest BCUT2D eigenvalue weighted by Crippen LogP contribution is 2.34. The van der Waals surface area contributed by atoms with E-state index in [9.17, 15) is 4.57 Å². The minimum atomic E-state index is -3.89. The fourth-order valence-corrected chi connectivity index (χ4v) is 2.16. The first kappa shape index (κ1) is 18.4. The average Bonchev–Trinajstić information content (AvgIpc) is 2.25. The molecule has 0 aromatic rings. The van der Waals surface area contributed by atoms with Crippen LogP contribution in [0.4, 0.5) is 0 Å². The molecule has 0 unspecified atom stereocenters. The fraction of sp³-hybridized carbons (Fsp3) is 0.600. The number of allylic oxidation sites excluding steroid dienone is 6. The summed E-state index contributed by atoms with van der Waals surface area (Å²) in [4.78, 5) is 17.5. The molecule has 0 aromatic carbocycles. The van der Waals surface area contributed by atoms with Crippen LogP contribution in [-0.2, 0) is 4.57 Å². The normalized spacial score (nSPS) is 13.6. The Morgan fingerprint density at radius 1 is 0.895 bits per heavy atom. The van der Waals surface area contributed by atoms with E-state index in [1.807, 2.05) is 6.92 Å². The van der Waals surface area contributed by atoms with E-state index < -0.39 is 7.60 Å². The number of rotatable bonds is 8. The molecular weight excluding hydrogens is 259 g/mol. The molecule has 110 valence electrons. The van der Waals surface area contributed by atoms with Crippen LogP contribution in [0.15, 0.2) is 34.9 Å². The Morgan fingerprint density at radius 3 is 1.84 bits per heavy atom. The highest BCUT2D eigenvalue weighted by molar-refractivity contribution is 7.51. The minimum absolute atomic E-state index is 0.151. The molecule has 0 spiro atoms. The molecule has 0 rings (SSSR count). The van der Waals surface area contributed by atoms with Gasteiger partial charge in [0.05, 0.1) is 6.16 Å². The van der Waals surface area contributed by atoms with Crippen molar-refractivity contribution < 1.29 is 14.4 Å². The number of hydrogen-bond acceptors (Lipinski definition) is 1. The molecule has 0 amide bonds. The zero-order chi connectivity index (χ0) is 14.9. The zero-order valence-corrected chi connectivity index (χ0v) is 13.4. The van der Waals surface area contributed by atoms with E-state index in [0.717, 1.165) is 31.3 Å². The Balaban J connectivity index is 4.00. The van der Waals surface area contributed by atoms with Crippen LogP contribution in [-0.4, -0.2) is 15.9 Å². The van der Waals surface area contributed by atoms with E-state index in [2.05, 4.69) is 32.9 Å². The molecule has 0 aliphatic carbocycles. The van der Waals surface area contributed by atoms with Gasteiger partial charge in [0.25, 0.3) is 0 Å². The second kappa shape index (κ2) is 9.30. The van der Waals surface area contributed by atoms with Gasteiger partial charge in [0.1, 0.15) is 0 Å². The molecule has 0 bridgehead atoms. The van der Waals surface area contributed by atoms with E-state index in [4.69, 9.17) is 9.79 Å². The van der Waals surface area contributed by atoms with Crippen molar-refractivity contribution in [3.63, 3.8) is 0 Å². The van der Waals surface area contributed by atoms with Crippen LogP contribution in [0.2, 0.25) is 0 Å². The summed E-state index contributed by atoms with van der Waals surface area (Å²) >= 11 is 0. The summed E-state index contributed by atoms with van der Waals surface area (Å²) in [5.41, 5.74) is 3.76. The van der Waals surface area contributed by atoms with Crippen LogP contribution in [0, 0.1) is 0 Å². The molecule has 0 atom stereocenters. The Hall–Kier alpha value is -0.630. The first-order valence-corrected chi connectivity index (χ1v) is 8.49. The quantitative estimate of drug-likeness (QED) is 0.507. The number of hydrogen-bond donors (Lipinski definition) is 2. The molecule has 4 heteroatoms. The van der Waals surface area contributed by atoms with Gasteiger partial charge >= 0.3 is 7.60 Å². The third kappa shape index (κ3) is 13.6. The summed E-state index contributed by atoms with van der Waals surface area (Å²) in [5.74, 6) is 0. The van der Waals surface area contributed by atoms with E-state index in [1.54, 1.807) is 6.08 Å². The van der Waals surface area contributed by atoms with Gasteiger partial charge in [-0.2, -0.15) is 0 Å². The van der Waals surface area contributed by atoms with Crippen LogP contribution in [0.1, 0.15) is 53.4 Å². The molecule has 19 heavy (non-hydrogen) atoms. The van der Waals surface area contributed by atoms with Crippen LogP contribution in [0.5, 0.6) is 0 Å². The van der Waals surface area contributed by atoms with Crippen molar-refractivity contribution in [2.24, 2.45) is 0 Å². The van der Waals surface area contributed by atoms with Crippen molar-refractivity contribution in [2.45, 2.75) is 53.4 Å². The van der Waals surface area contributed by atoms with Gasteiger partial charge < -0.3 is 9.79 Å². The van der Waals surface area contributed by atoms with Gasteiger partial charge in [-0.1, -0.05) is 34.9 Å². The summed E-state index contributed by atoms with van der Waals surface area (Å²) in [6, 6.07) is 0. The maximum absolute atomic E-state index is 10.7. The van der Waals surface area contributed by atoms with Crippen molar-refractivity contribution in [2.75, 3.05) is 6.16 Å². The lowest BCUT2D eigenvalue weighted by Crippen LogP contribution is -1.86. The SMILES string of the molecule is CC(C)=CCC/C(C)=C/CC/C(C)=C/CP(=O)(O)O. The predicted molar refractivity (Wildman–Crippen MR) is 82.3 cm³/mol. The van der Waals surface area contributed by atoms with Gasteiger partial charge in [0, 0.05) is 0 Å². The van der Waals surface area contributed by atoms with Crippen molar-refractivity contribution in [1.29, 1.82) is 0 Å². The molecule has 0 aromatic heterocycles. The van der Waals surface area contributed by atoms with Crippen molar-refractivity contribution in [3.05, 3.63) is 34.9 Å². The Morgan fingerprint density at radius 2 is 1.37 bits per heavy atom. The summed E-state index contributed by atoms with van der Waals surface area (Å²) in [5, 5.41) is 0. The Bertz CT molecular complexity index is 396. The van der Waals surface area contributed by atoms with Crippen LogP contribution < -0.4 is 0 Å². The Kier molecular flexibility index (Phi) is 8.99. The predicted octanol–water partition coefficient (Wildman–Crippen LogP) is 4.58. The third-order valence-electron chi connectivity index (χ3n) is 2.80. The van der Waals surface area contributed by atoms with Crippen molar-refractivity contribution in [1.82, 2.24) is 0 Å². The standard InChI is InChI=1S/C15H27O3P/c1-13(2)7-5-8-14(3)9-6-10-15(4)11-12-19(16,17)18/h7,9,11H,5-6,8,10,12H2,1-4H3,(H2,16,17,18)/b14-9+,15-11+. The van der Waals surface area contributed by atoms with Gasteiger partial charge in [-0.25, -0.2) is 0 Å². The minimum Gasteiger partial charge on any atom is -0.324 e. The lowest BCUT2D eigenvalue weighted by molar-refractivity contribution is 0.377. The molecular formula is C15H27O3P. The van der Waals surface area contributed by atoms with Gasteiger partial charge in [0.2, 0.25) is 0 Å². The van der Waals surface area contributed by atoms with Gasteiger partial charge in [0.15, 0.2) is 0 Å². The maximum atomic E-state index is 10.7. The smallest absolute Gasteiger partial charge is 0.324 e. The lowest BCUT2D eigenvalue weighted by Gasteiger charge is -2.02. The van der Waals surface area contributed by atoms with Crippen molar-refractivity contribution in [3.8, 4) is 0 Å². The second-order valence-electron chi connectivity index (χ2n) is 5.31. The van der Waals surface area contributed by atoms with Gasteiger partial charge in [-0.3, -0.25) is 4.57 Å². The molecule has 0 saturated heterocycles. The summed E-state index contributed by atoms with van der Waals surface area (Å²) < 4.78 is 10.7. The summed E-state index contributed by atoms with van der Waals surface area (Å²) in [7, 11) is -3.89. The van der Waals surface area contributed by atoms with Crippen LogP contribution >= 0.6 is 7.60 Å². The summed E-state index contributed by atoms with van der Waals surface area (Å²) in [6.07, 6.45) is 9.91. The first-order valence-electron chi connectivity index (χ1n) is 6.70. The maximum Gasteiger partial charge on any atom is 0.329 e. The molecule has 0 saturated carbocycles. The first-order chi connectivity index (χ1) is 8.70.